The number of unbranched alkanes of at least 4 members (excludes halogenated alkanes) is 2. The summed E-state index contributed by atoms with van der Waals surface area (Å²) in [6, 6.07) is 15.3. The highest BCUT2D eigenvalue weighted by Gasteiger charge is 2.14. The second kappa shape index (κ2) is 15.7. The van der Waals surface area contributed by atoms with Crippen LogP contribution in [0, 0.1) is 5.92 Å². The molecule has 200 valence electrons. The number of aliphatic carboxylic acids is 1. The number of nitrogens with one attached hydrogen (secondary N) is 2. The molecule has 0 radical (unpaired) electrons. The summed E-state index contributed by atoms with van der Waals surface area (Å²) in [5, 5.41) is 19.3. The summed E-state index contributed by atoms with van der Waals surface area (Å²) in [5.74, 6) is -0.122. The highest BCUT2D eigenvalue weighted by atomic mass is 16.6. The molecule has 2 aromatic rings. The molecule has 0 saturated heterocycles. The average molecular weight is 509 g/mol. The Hall–Kier alpha value is -3.39. The molecule has 1 saturated carbocycles. The molecule has 2 aromatic carbocycles. The number of carboxylic acid groups (broad SMARTS) is 1. The molecule has 8 nitrogen and oxygen atoms in total. The van der Waals surface area contributed by atoms with Crippen LogP contribution in [-0.4, -0.2) is 42.4 Å². The van der Waals surface area contributed by atoms with Crippen LogP contribution in [0.3, 0.4) is 0 Å². The average Bonchev–Trinajstić information content (AvgIpc) is 2.91. The number of oxime groups is 1. The summed E-state index contributed by atoms with van der Waals surface area (Å²) in [6.07, 6.45) is 9.48. The number of nitrogens with two attached hydrogens (primary N) is 1. The van der Waals surface area contributed by atoms with Crippen molar-refractivity contribution in [2.45, 2.75) is 64.3 Å². The number of carbonyl (C=O) groups excluding carboxylic acids is 1. The Morgan fingerprint density at radius 1 is 1.00 bits per heavy atom. The standard InChI is InChI=1S/C29H40N4O4/c30-26-16-15-24(18-25(26)20-31-21-28(35)36)29(23-12-6-2-7-13-23)33-37-17-9-3-8-14-27(34)32-19-22-10-4-1-5-11-22/h2,6-7,12-13,15-16,18,22,31H,1,3-5,8-11,14,17,19-21,30H2,(H,32,34)(H,35,36)/b33-29-. The predicted octanol–water partition coefficient (Wildman–Crippen LogP) is 4.47. The monoisotopic (exact) mass is 508 g/mol. The summed E-state index contributed by atoms with van der Waals surface area (Å²) in [7, 11) is 0. The van der Waals surface area contributed by atoms with Gasteiger partial charge in [-0.1, -0.05) is 60.8 Å². The molecule has 37 heavy (non-hydrogen) atoms. The lowest BCUT2D eigenvalue weighted by Gasteiger charge is -2.21. The van der Waals surface area contributed by atoms with Crippen LogP contribution < -0.4 is 16.4 Å². The number of anilines is 1. The SMILES string of the molecule is Nc1ccc(/C(=N\OCCCCCC(=O)NCC2CCCCC2)c2ccccc2)cc1CNCC(=O)O. The van der Waals surface area contributed by atoms with Gasteiger partial charge in [0.15, 0.2) is 0 Å². The molecule has 0 heterocycles. The largest absolute Gasteiger partial charge is 0.480 e. The van der Waals surface area contributed by atoms with Gasteiger partial charge in [-0.15, -0.1) is 0 Å². The smallest absolute Gasteiger partial charge is 0.317 e. The van der Waals surface area contributed by atoms with Gasteiger partial charge in [-0.2, -0.15) is 0 Å². The second-order valence-corrected chi connectivity index (χ2v) is 9.67. The van der Waals surface area contributed by atoms with Crippen molar-refractivity contribution in [1.29, 1.82) is 0 Å². The lowest BCUT2D eigenvalue weighted by Crippen LogP contribution is -2.30. The lowest BCUT2D eigenvalue weighted by molar-refractivity contribution is -0.136. The number of amides is 1. The van der Waals surface area contributed by atoms with E-state index in [-0.39, 0.29) is 12.5 Å². The molecule has 1 aliphatic carbocycles. The Balaban J connectivity index is 1.48. The molecule has 0 aromatic heterocycles. The fourth-order valence-electron chi connectivity index (χ4n) is 4.56. The fourth-order valence-corrected chi connectivity index (χ4v) is 4.56. The first-order valence-electron chi connectivity index (χ1n) is 13.4. The highest BCUT2D eigenvalue weighted by molar-refractivity contribution is 6.12. The molecule has 5 N–H and O–H groups in total. The molecular weight excluding hydrogens is 468 g/mol. The van der Waals surface area contributed by atoms with E-state index in [1.165, 1.54) is 32.1 Å². The molecule has 1 aliphatic rings. The third-order valence-corrected chi connectivity index (χ3v) is 6.66. The van der Waals surface area contributed by atoms with Crippen molar-refractivity contribution in [3.05, 3.63) is 65.2 Å². The maximum absolute atomic E-state index is 12.1. The number of nitrogen functional groups attached to an aromatic ring is 1. The number of rotatable bonds is 15. The number of nitrogens with zero attached hydrogens (tertiary/aromatic N) is 1. The Labute approximate surface area is 219 Å². The first-order valence-corrected chi connectivity index (χ1v) is 13.4. The van der Waals surface area contributed by atoms with Crippen molar-refractivity contribution in [3.63, 3.8) is 0 Å². The molecule has 0 atom stereocenters. The molecule has 0 spiro atoms. The van der Waals surface area contributed by atoms with Gasteiger partial charge in [0, 0.05) is 36.3 Å². The molecule has 1 fully saturated rings. The molecule has 0 aliphatic heterocycles. The van der Waals surface area contributed by atoms with Crippen molar-refractivity contribution in [2.75, 3.05) is 25.4 Å². The maximum atomic E-state index is 12.1. The number of hydrogen-bond acceptors (Lipinski definition) is 6. The molecule has 3 rings (SSSR count). The Morgan fingerprint density at radius 2 is 1.78 bits per heavy atom. The van der Waals surface area contributed by atoms with Crippen LogP contribution in [0.2, 0.25) is 0 Å². The molecule has 1 amide bonds. The maximum Gasteiger partial charge on any atom is 0.317 e. The van der Waals surface area contributed by atoms with E-state index >= 15 is 0 Å². The summed E-state index contributed by atoms with van der Waals surface area (Å²) in [5.41, 5.74) is 9.91. The van der Waals surface area contributed by atoms with Crippen LogP contribution in [-0.2, 0) is 21.0 Å². The van der Waals surface area contributed by atoms with E-state index in [2.05, 4.69) is 15.8 Å². The predicted molar refractivity (Wildman–Crippen MR) is 146 cm³/mol. The first kappa shape index (κ1) is 28.2. The van der Waals surface area contributed by atoms with Gasteiger partial charge in [0.2, 0.25) is 5.91 Å². The molecule has 8 heteroatoms. The van der Waals surface area contributed by atoms with Gasteiger partial charge >= 0.3 is 5.97 Å². The zero-order chi connectivity index (χ0) is 26.3. The zero-order valence-electron chi connectivity index (χ0n) is 21.6. The van der Waals surface area contributed by atoms with Gasteiger partial charge in [-0.05, 0) is 55.7 Å². The van der Waals surface area contributed by atoms with Crippen LogP contribution in [0.4, 0.5) is 5.69 Å². The van der Waals surface area contributed by atoms with E-state index in [0.717, 1.165) is 42.5 Å². The molecular formula is C29H40N4O4. The summed E-state index contributed by atoms with van der Waals surface area (Å²) >= 11 is 0. The van der Waals surface area contributed by atoms with Crippen molar-refractivity contribution in [1.82, 2.24) is 10.6 Å². The van der Waals surface area contributed by atoms with Crippen LogP contribution >= 0.6 is 0 Å². The van der Waals surface area contributed by atoms with E-state index < -0.39 is 5.97 Å². The minimum Gasteiger partial charge on any atom is -0.480 e. The van der Waals surface area contributed by atoms with Crippen LogP contribution in [0.5, 0.6) is 0 Å². The Kier molecular flexibility index (Phi) is 11.9. The van der Waals surface area contributed by atoms with E-state index in [4.69, 9.17) is 15.7 Å². The molecule has 0 bridgehead atoms. The Bertz CT molecular complexity index is 1020. The van der Waals surface area contributed by atoms with Gasteiger partial charge in [0.05, 0.1) is 6.54 Å². The van der Waals surface area contributed by atoms with Crippen molar-refractivity contribution in [2.24, 2.45) is 11.1 Å². The normalized spacial score (nSPS) is 14.3. The lowest BCUT2D eigenvalue weighted by atomic mass is 9.89. The van der Waals surface area contributed by atoms with Gasteiger partial charge in [-0.25, -0.2) is 0 Å². The third-order valence-electron chi connectivity index (χ3n) is 6.66. The Morgan fingerprint density at radius 3 is 2.54 bits per heavy atom. The second-order valence-electron chi connectivity index (χ2n) is 9.67. The van der Waals surface area contributed by atoms with E-state index in [1.807, 2.05) is 42.5 Å². The minimum atomic E-state index is -0.922. The minimum absolute atomic E-state index is 0.144. The topological polar surface area (TPSA) is 126 Å². The number of benzene rings is 2. The van der Waals surface area contributed by atoms with Crippen molar-refractivity contribution in [3.8, 4) is 0 Å². The zero-order valence-corrected chi connectivity index (χ0v) is 21.6. The van der Waals surface area contributed by atoms with Crippen LogP contribution in [0.15, 0.2) is 53.7 Å². The quantitative estimate of drug-likeness (QED) is 0.122. The van der Waals surface area contributed by atoms with Gasteiger partial charge < -0.3 is 26.3 Å². The molecule has 0 unspecified atom stereocenters. The summed E-state index contributed by atoms with van der Waals surface area (Å²) in [6.45, 7) is 1.47. The van der Waals surface area contributed by atoms with Gasteiger partial charge in [0.25, 0.3) is 0 Å². The van der Waals surface area contributed by atoms with E-state index in [1.54, 1.807) is 6.07 Å². The number of carboxylic acids is 1. The number of carbonyl (C=O) groups is 2. The first-order chi connectivity index (χ1) is 18.0. The summed E-state index contributed by atoms with van der Waals surface area (Å²) in [4.78, 5) is 28.6. The summed E-state index contributed by atoms with van der Waals surface area (Å²) < 4.78 is 0. The highest BCUT2D eigenvalue weighted by Crippen LogP contribution is 2.23. The third kappa shape index (κ3) is 10.2. The van der Waals surface area contributed by atoms with Crippen LogP contribution in [0.1, 0.15) is 74.5 Å². The fraction of sp³-hybridized carbons (Fsp3) is 0.483. The van der Waals surface area contributed by atoms with Gasteiger partial charge in [0.1, 0.15) is 12.3 Å². The van der Waals surface area contributed by atoms with Crippen molar-refractivity contribution < 1.29 is 19.5 Å². The van der Waals surface area contributed by atoms with Crippen LogP contribution in [0.25, 0.3) is 0 Å². The number of hydrogen-bond donors (Lipinski definition) is 4. The van der Waals surface area contributed by atoms with E-state index in [9.17, 15) is 9.59 Å². The van der Waals surface area contributed by atoms with Gasteiger partial charge in [-0.3, -0.25) is 9.59 Å². The van der Waals surface area contributed by atoms with Crippen molar-refractivity contribution >= 4 is 23.3 Å². The van der Waals surface area contributed by atoms with E-state index in [0.29, 0.717) is 36.9 Å².